The van der Waals surface area contributed by atoms with Crippen LogP contribution in [0.5, 0.6) is 0 Å². The first-order valence-corrected chi connectivity index (χ1v) is 5.46. The molecule has 0 aliphatic heterocycles. The lowest BCUT2D eigenvalue weighted by Gasteiger charge is -2.08. The van der Waals surface area contributed by atoms with Crippen molar-refractivity contribution < 1.29 is 8.78 Å². The Balaban J connectivity index is 2.64. The number of benzene rings is 1. The lowest BCUT2D eigenvalue weighted by Crippen LogP contribution is -1.97. The summed E-state index contributed by atoms with van der Waals surface area (Å²) in [6.45, 7) is 1.87. The van der Waals surface area contributed by atoms with Gasteiger partial charge in [0.15, 0.2) is 0 Å². The smallest absolute Gasteiger partial charge is 0.136 e. The molecule has 0 saturated heterocycles. The van der Waals surface area contributed by atoms with Gasteiger partial charge in [0.05, 0.1) is 5.69 Å². The molecule has 2 aromatic rings. The van der Waals surface area contributed by atoms with Crippen LogP contribution < -0.4 is 0 Å². The highest BCUT2D eigenvalue weighted by atomic mass is 35.5. The normalized spacial score (nSPS) is 10.6. The summed E-state index contributed by atoms with van der Waals surface area (Å²) in [5.74, 6) is -1.28. The first kappa shape index (κ1) is 11.9. The number of hydrogen-bond acceptors (Lipinski definition) is 2. The van der Waals surface area contributed by atoms with Crippen molar-refractivity contribution >= 4 is 11.6 Å². The lowest BCUT2D eigenvalue weighted by atomic mass is 10.0. The second kappa shape index (κ2) is 4.75. The monoisotopic (exact) mass is 254 g/mol. The Kier molecular flexibility index (Phi) is 3.33. The van der Waals surface area contributed by atoms with Gasteiger partial charge in [0.2, 0.25) is 0 Å². The van der Waals surface area contributed by atoms with Gasteiger partial charge in [-0.15, -0.1) is 0 Å². The van der Waals surface area contributed by atoms with E-state index in [4.69, 9.17) is 11.6 Å². The summed E-state index contributed by atoms with van der Waals surface area (Å²) < 4.78 is 26.5. The number of nitrogens with zero attached hydrogens (tertiary/aromatic N) is 2. The fourth-order valence-electron chi connectivity index (χ4n) is 1.62. The number of hydrogen-bond donors (Lipinski definition) is 0. The molecule has 0 aliphatic rings. The lowest BCUT2D eigenvalue weighted by molar-refractivity contribution is 0.585. The third-order valence-corrected chi connectivity index (χ3v) is 2.76. The molecule has 1 heterocycles. The van der Waals surface area contributed by atoms with E-state index in [1.807, 2.05) is 6.92 Å². The van der Waals surface area contributed by atoms with E-state index in [0.29, 0.717) is 22.8 Å². The van der Waals surface area contributed by atoms with Crippen molar-refractivity contribution in [2.75, 3.05) is 0 Å². The molecule has 0 N–H and O–H groups in total. The molecule has 5 heteroatoms. The van der Waals surface area contributed by atoms with Crippen molar-refractivity contribution in [1.82, 2.24) is 9.97 Å². The van der Waals surface area contributed by atoms with Gasteiger partial charge in [-0.05, 0) is 18.6 Å². The molecule has 88 valence electrons. The zero-order valence-electron chi connectivity index (χ0n) is 9.04. The van der Waals surface area contributed by atoms with Gasteiger partial charge in [0.1, 0.15) is 23.1 Å². The first-order valence-electron chi connectivity index (χ1n) is 5.08. The molecule has 0 fully saturated rings. The van der Waals surface area contributed by atoms with E-state index >= 15 is 0 Å². The Morgan fingerprint density at radius 3 is 2.65 bits per heavy atom. The largest absolute Gasteiger partial charge is 0.236 e. The number of halogens is 3. The Morgan fingerprint density at radius 1 is 1.24 bits per heavy atom. The van der Waals surface area contributed by atoms with Crippen LogP contribution in [0.1, 0.15) is 12.5 Å². The highest BCUT2D eigenvalue weighted by Gasteiger charge is 2.14. The molecule has 0 saturated carbocycles. The van der Waals surface area contributed by atoms with Gasteiger partial charge in [-0.1, -0.05) is 18.5 Å². The van der Waals surface area contributed by atoms with Crippen LogP contribution in [0.3, 0.4) is 0 Å². The molecule has 0 amide bonds. The minimum absolute atomic E-state index is 0.229. The molecule has 2 nitrogen and oxygen atoms in total. The second-order valence-corrected chi connectivity index (χ2v) is 3.83. The average molecular weight is 255 g/mol. The topological polar surface area (TPSA) is 25.8 Å². The molecule has 1 aromatic carbocycles. The van der Waals surface area contributed by atoms with Crippen molar-refractivity contribution in [3.8, 4) is 11.3 Å². The van der Waals surface area contributed by atoms with Crippen LogP contribution in [-0.2, 0) is 6.42 Å². The standard InChI is InChI=1S/C12H9ClF2N2/c1-2-8-11(16-6-17-12(8)13)9-4-3-7(14)5-10(9)15/h3-6H,2H2,1H3. The minimum atomic E-state index is -0.658. The quantitative estimate of drug-likeness (QED) is 0.765. The van der Waals surface area contributed by atoms with Crippen LogP contribution in [0.2, 0.25) is 5.15 Å². The van der Waals surface area contributed by atoms with Crippen molar-refractivity contribution in [2.24, 2.45) is 0 Å². The van der Waals surface area contributed by atoms with Crippen LogP contribution in [0.25, 0.3) is 11.3 Å². The number of aromatic nitrogens is 2. The van der Waals surface area contributed by atoms with Crippen molar-refractivity contribution in [2.45, 2.75) is 13.3 Å². The molecule has 0 atom stereocenters. The fourth-order valence-corrected chi connectivity index (χ4v) is 1.88. The molecule has 0 bridgehead atoms. The van der Waals surface area contributed by atoms with E-state index in [1.165, 1.54) is 18.5 Å². The maximum atomic E-state index is 13.6. The Hall–Kier alpha value is -1.55. The molecule has 0 aliphatic carbocycles. The molecule has 1 aromatic heterocycles. The summed E-state index contributed by atoms with van der Waals surface area (Å²) in [6.07, 6.45) is 1.84. The maximum Gasteiger partial charge on any atom is 0.136 e. The van der Waals surface area contributed by atoms with Gasteiger partial charge >= 0.3 is 0 Å². The molecule has 2 rings (SSSR count). The maximum absolute atomic E-state index is 13.6. The van der Waals surface area contributed by atoms with E-state index in [2.05, 4.69) is 9.97 Å². The van der Waals surface area contributed by atoms with Crippen LogP contribution in [0.4, 0.5) is 8.78 Å². The zero-order chi connectivity index (χ0) is 12.4. The van der Waals surface area contributed by atoms with Gasteiger partial charge in [-0.25, -0.2) is 18.7 Å². The van der Waals surface area contributed by atoms with Crippen LogP contribution in [0, 0.1) is 11.6 Å². The fraction of sp³-hybridized carbons (Fsp3) is 0.167. The predicted octanol–water partition coefficient (Wildman–Crippen LogP) is 3.64. The Bertz CT molecular complexity index is 558. The summed E-state index contributed by atoms with van der Waals surface area (Å²) >= 11 is 5.92. The van der Waals surface area contributed by atoms with E-state index in [-0.39, 0.29) is 5.56 Å². The molecular formula is C12H9ClF2N2. The average Bonchev–Trinajstić information content (AvgIpc) is 2.29. The molecule has 17 heavy (non-hydrogen) atoms. The third-order valence-electron chi connectivity index (χ3n) is 2.43. The highest BCUT2D eigenvalue weighted by Crippen LogP contribution is 2.28. The first-order chi connectivity index (χ1) is 8.13. The predicted molar refractivity (Wildman–Crippen MR) is 61.8 cm³/mol. The van der Waals surface area contributed by atoms with E-state index < -0.39 is 11.6 Å². The Labute approximate surface area is 102 Å². The molecule has 0 unspecified atom stereocenters. The minimum Gasteiger partial charge on any atom is -0.236 e. The zero-order valence-corrected chi connectivity index (χ0v) is 9.80. The molecule has 0 radical (unpaired) electrons. The van der Waals surface area contributed by atoms with Gasteiger partial charge < -0.3 is 0 Å². The van der Waals surface area contributed by atoms with Crippen LogP contribution >= 0.6 is 11.6 Å². The van der Waals surface area contributed by atoms with Gasteiger partial charge in [-0.2, -0.15) is 0 Å². The highest BCUT2D eigenvalue weighted by molar-refractivity contribution is 6.30. The summed E-state index contributed by atoms with van der Waals surface area (Å²) in [5, 5.41) is 0.293. The van der Waals surface area contributed by atoms with Crippen LogP contribution in [0.15, 0.2) is 24.5 Å². The Morgan fingerprint density at radius 2 is 2.00 bits per heavy atom. The van der Waals surface area contributed by atoms with Gasteiger partial charge in [0.25, 0.3) is 0 Å². The second-order valence-electron chi connectivity index (χ2n) is 3.47. The van der Waals surface area contributed by atoms with Crippen LogP contribution in [-0.4, -0.2) is 9.97 Å². The number of rotatable bonds is 2. The molecule has 0 spiro atoms. The van der Waals surface area contributed by atoms with Gasteiger partial charge in [-0.3, -0.25) is 0 Å². The van der Waals surface area contributed by atoms with E-state index in [9.17, 15) is 8.78 Å². The third kappa shape index (κ3) is 2.26. The van der Waals surface area contributed by atoms with E-state index in [1.54, 1.807) is 0 Å². The van der Waals surface area contributed by atoms with E-state index in [0.717, 1.165) is 6.07 Å². The summed E-state index contributed by atoms with van der Waals surface area (Å²) in [5.41, 5.74) is 1.29. The summed E-state index contributed by atoms with van der Waals surface area (Å²) in [4.78, 5) is 7.85. The van der Waals surface area contributed by atoms with Gasteiger partial charge in [0, 0.05) is 17.2 Å². The summed E-state index contributed by atoms with van der Waals surface area (Å²) in [7, 11) is 0. The van der Waals surface area contributed by atoms with Crippen molar-refractivity contribution in [3.05, 3.63) is 46.9 Å². The SMILES string of the molecule is CCc1c(Cl)ncnc1-c1ccc(F)cc1F. The van der Waals surface area contributed by atoms with Crippen molar-refractivity contribution in [1.29, 1.82) is 0 Å². The summed E-state index contributed by atoms with van der Waals surface area (Å²) in [6, 6.07) is 3.36. The molecular weight excluding hydrogens is 246 g/mol. The van der Waals surface area contributed by atoms with Crippen molar-refractivity contribution in [3.63, 3.8) is 0 Å².